The number of hydrogen-bond acceptors (Lipinski definition) is 4. The molecule has 0 aliphatic carbocycles. The lowest BCUT2D eigenvalue weighted by atomic mass is 10.0. The van der Waals surface area contributed by atoms with E-state index in [0.29, 0.717) is 18.5 Å². The Kier molecular flexibility index (Phi) is 8.51. The van der Waals surface area contributed by atoms with Gasteiger partial charge in [0.25, 0.3) is 5.69 Å². The van der Waals surface area contributed by atoms with Crippen molar-refractivity contribution in [2.45, 2.75) is 39.3 Å². The van der Waals surface area contributed by atoms with Crippen molar-refractivity contribution in [2.24, 2.45) is 0 Å². The van der Waals surface area contributed by atoms with Gasteiger partial charge < -0.3 is 10.2 Å². The molecule has 0 saturated heterocycles. The highest BCUT2D eigenvalue weighted by molar-refractivity contribution is 5.89. The Morgan fingerprint density at radius 1 is 0.941 bits per heavy atom. The maximum absolute atomic E-state index is 13.6. The maximum atomic E-state index is 13.6. The van der Waals surface area contributed by atoms with Crippen molar-refractivity contribution in [3.8, 4) is 0 Å². The number of hydrogen-bond donors (Lipinski definition) is 1. The van der Waals surface area contributed by atoms with E-state index in [-0.39, 0.29) is 30.5 Å². The molecule has 3 aromatic carbocycles. The smallest absolute Gasteiger partial charge is 0.273 e. The normalized spacial score (nSPS) is 11.5. The molecule has 7 heteroatoms. The van der Waals surface area contributed by atoms with Crippen molar-refractivity contribution in [3.05, 3.63) is 111 Å². The Bertz CT molecular complexity index is 1130. The molecule has 3 rings (SSSR count). The first-order chi connectivity index (χ1) is 16.4. The lowest BCUT2D eigenvalue weighted by Gasteiger charge is -2.31. The summed E-state index contributed by atoms with van der Waals surface area (Å²) in [6, 6.07) is 22.7. The Labute approximate surface area is 199 Å². The lowest BCUT2D eigenvalue weighted by molar-refractivity contribution is -0.385. The van der Waals surface area contributed by atoms with Gasteiger partial charge in [-0.25, -0.2) is 0 Å². The van der Waals surface area contributed by atoms with E-state index in [1.165, 1.54) is 6.07 Å². The molecular weight excluding hydrogens is 430 g/mol. The maximum Gasteiger partial charge on any atom is 0.273 e. The third-order valence-corrected chi connectivity index (χ3v) is 5.63. The van der Waals surface area contributed by atoms with Crippen LogP contribution < -0.4 is 5.32 Å². The number of carbonyl (C=O) groups excluding carboxylic acids is 2. The summed E-state index contributed by atoms with van der Waals surface area (Å²) in [5.74, 6) is -0.601. The van der Waals surface area contributed by atoms with Crippen molar-refractivity contribution in [3.63, 3.8) is 0 Å². The van der Waals surface area contributed by atoms with Crippen LogP contribution in [-0.4, -0.2) is 34.2 Å². The second-order valence-corrected chi connectivity index (χ2v) is 8.17. The summed E-state index contributed by atoms with van der Waals surface area (Å²) in [5.41, 5.74) is 3.10. The number of nitro groups is 1. The van der Waals surface area contributed by atoms with Crippen LogP contribution in [0.25, 0.3) is 0 Å². The Morgan fingerprint density at radius 2 is 1.59 bits per heavy atom. The molecule has 0 aliphatic rings. The van der Waals surface area contributed by atoms with Gasteiger partial charge in [0.15, 0.2) is 0 Å². The summed E-state index contributed by atoms with van der Waals surface area (Å²) in [7, 11) is 0. The summed E-state index contributed by atoms with van der Waals surface area (Å²) >= 11 is 0. The zero-order valence-corrected chi connectivity index (χ0v) is 19.4. The van der Waals surface area contributed by atoms with Crippen LogP contribution in [0.1, 0.15) is 29.2 Å². The number of likely N-dealkylation sites (N-methyl/N-ethyl adjacent to an activating group) is 1. The number of nitro benzene ring substituents is 1. The summed E-state index contributed by atoms with van der Waals surface area (Å²) in [6.07, 6.45) is 0.162. The zero-order valence-electron chi connectivity index (χ0n) is 19.4. The van der Waals surface area contributed by atoms with E-state index in [4.69, 9.17) is 0 Å². The highest BCUT2D eigenvalue weighted by Crippen LogP contribution is 2.21. The van der Waals surface area contributed by atoms with Crippen LogP contribution >= 0.6 is 0 Å². The lowest BCUT2D eigenvalue weighted by Crippen LogP contribution is -2.51. The number of benzene rings is 3. The van der Waals surface area contributed by atoms with Crippen LogP contribution in [0, 0.1) is 17.0 Å². The second kappa shape index (κ2) is 11.7. The Hall–Kier alpha value is -4.00. The van der Waals surface area contributed by atoms with Crippen molar-refractivity contribution >= 4 is 17.5 Å². The molecule has 2 amide bonds. The van der Waals surface area contributed by atoms with Crippen LogP contribution in [-0.2, 0) is 29.0 Å². The van der Waals surface area contributed by atoms with Crippen LogP contribution in [0.5, 0.6) is 0 Å². The van der Waals surface area contributed by atoms with Crippen molar-refractivity contribution in [1.29, 1.82) is 0 Å². The third-order valence-electron chi connectivity index (χ3n) is 5.63. The Morgan fingerprint density at radius 3 is 2.24 bits per heavy atom. The fourth-order valence-corrected chi connectivity index (χ4v) is 3.84. The zero-order chi connectivity index (χ0) is 24.5. The average molecular weight is 460 g/mol. The molecule has 0 radical (unpaired) electrons. The van der Waals surface area contributed by atoms with Gasteiger partial charge in [0.2, 0.25) is 11.8 Å². The number of nitrogens with zero attached hydrogens (tertiary/aromatic N) is 2. The number of nitrogens with one attached hydrogen (secondary N) is 1. The van der Waals surface area contributed by atoms with Gasteiger partial charge in [-0.3, -0.25) is 19.7 Å². The van der Waals surface area contributed by atoms with E-state index < -0.39 is 11.0 Å². The van der Waals surface area contributed by atoms with Gasteiger partial charge in [-0.05, 0) is 25.0 Å². The number of carbonyl (C=O) groups is 2. The molecule has 0 aliphatic heterocycles. The first kappa shape index (κ1) is 24.6. The number of rotatable bonds is 10. The molecule has 0 heterocycles. The summed E-state index contributed by atoms with van der Waals surface area (Å²) in [4.78, 5) is 39.3. The highest BCUT2D eigenvalue weighted by Gasteiger charge is 2.31. The first-order valence-electron chi connectivity index (χ1n) is 11.3. The minimum Gasteiger partial charge on any atom is -0.355 e. The summed E-state index contributed by atoms with van der Waals surface area (Å²) in [6.45, 7) is 4.46. The van der Waals surface area contributed by atoms with E-state index in [1.54, 1.807) is 23.1 Å². The SMILES string of the molecule is CCNC(=O)[C@@H](Cc1ccccc1)N(Cc1ccc(C)cc1)C(=O)Cc1ccccc1[N+](=O)[O-]. The molecule has 0 aromatic heterocycles. The van der Waals surface area contributed by atoms with Gasteiger partial charge in [-0.1, -0.05) is 78.4 Å². The van der Waals surface area contributed by atoms with Crippen molar-refractivity contribution in [1.82, 2.24) is 10.2 Å². The van der Waals surface area contributed by atoms with Crippen LogP contribution in [0.3, 0.4) is 0 Å². The fourth-order valence-electron chi connectivity index (χ4n) is 3.84. The molecule has 176 valence electrons. The largest absolute Gasteiger partial charge is 0.355 e. The number of amides is 2. The third kappa shape index (κ3) is 6.51. The molecule has 0 bridgehead atoms. The van der Waals surface area contributed by atoms with Crippen molar-refractivity contribution < 1.29 is 14.5 Å². The van der Waals surface area contributed by atoms with E-state index in [9.17, 15) is 19.7 Å². The standard InChI is InChI=1S/C27H29N3O4/c1-3-28-27(32)25(17-21-9-5-4-6-10-21)29(19-22-15-13-20(2)14-16-22)26(31)18-23-11-7-8-12-24(23)30(33)34/h4-16,25H,3,17-19H2,1-2H3,(H,28,32)/t25-/m1/s1. The fraction of sp³-hybridized carbons (Fsp3) is 0.259. The van der Waals surface area contributed by atoms with E-state index in [1.807, 2.05) is 68.4 Å². The second-order valence-electron chi connectivity index (χ2n) is 8.17. The van der Waals surface area contributed by atoms with E-state index in [0.717, 1.165) is 16.7 Å². The minimum atomic E-state index is -0.765. The average Bonchev–Trinajstić information content (AvgIpc) is 2.83. The molecule has 1 N–H and O–H groups in total. The summed E-state index contributed by atoms with van der Waals surface area (Å²) in [5, 5.41) is 14.3. The first-order valence-corrected chi connectivity index (χ1v) is 11.3. The molecule has 0 saturated carbocycles. The quantitative estimate of drug-likeness (QED) is 0.363. The molecule has 7 nitrogen and oxygen atoms in total. The predicted molar refractivity (Wildman–Crippen MR) is 131 cm³/mol. The van der Waals surface area contributed by atoms with Crippen LogP contribution in [0.2, 0.25) is 0 Å². The molecule has 0 spiro atoms. The topological polar surface area (TPSA) is 92.6 Å². The minimum absolute atomic E-state index is 0.108. The van der Waals surface area contributed by atoms with Crippen LogP contribution in [0.4, 0.5) is 5.69 Å². The molecule has 1 atom stereocenters. The Balaban J connectivity index is 1.99. The molecule has 0 fully saturated rings. The van der Waals surface area contributed by atoms with Crippen molar-refractivity contribution in [2.75, 3.05) is 6.54 Å². The van der Waals surface area contributed by atoms with E-state index in [2.05, 4.69) is 5.32 Å². The van der Waals surface area contributed by atoms with Crippen LogP contribution in [0.15, 0.2) is 78.9 Å². The van der Waals surface area contributed by atoms with Gasteiger partial charge in [0.1, 0.15) is 6.04 Å². The van der Waals surface area contributed by atoms with Gasteiger partial charge in [0, 0.05) is 31.1 Å². The molecule has 3 aromatic rings. The van der Waals surface area contributed by atoms with Gasteiger partial charge in [-0.2, -0.15) is 0 Å². The highest BCUT2D eigenvalue weighted by atomic mass is 16.6. The van der Waals surface area contributed by atoms with Gasteiger partial charge in [0.05, 0.1) is 11.3 Å². The summed E-state index contributed by atoms with van der Waals surface area (Å²) < 4.78 is 0. The number of para-hydroxylation sites is 1. The molecular formula is C27H29N3O4. The monoisotopic (exact) mass is 459 g/mol. The van der Waals surface area contributed by atoms with Gasteiger partial charge >= 0.3 is 0 Å². The molecule has 0 unspecified atom stereocenters. The van der Waals surface area contributed by atoms with E-state index >= 15 is 0 Å². The predicted octanol–water partition coefficient (Wildman–Crippen LogP) is 4.22. The van der Waals surface area contributed by atoms with Gasteiger partial charge in [-0.15, -0.1) is 0 Å². The number of aryl methyl sites for hydroxylation is 1. The molecule has 34 heavy (non-hydrogen) atoms.